The minimum atomic E-state index is -0.0637. The van der Waals surface area contributed by atoms with E-state index in [0.29, 0.717) is 31.5 Å². The van der Waals surface area contributed by atoms with Gasteiger partial charge in [-0.15, -0.1) is 0 Å². The Bertz CT molecular complexity index is 1270. The quantitative estimate of drug-likeness (QED) is 0.273. The third-order valence-corrected chi connectivity index (χ3v) is 7.84. The highest BCUT2D eigenvalue weighted by molar-refractivity contribution is 5.69. The molecule has 3 aromatic rings. The molecule has 0 radical (unpaired) electrons. The first-order valence-electron chi connectivity index (χ1n) is 14.6. The molecule has 0 aliphatic carbocycles. The van der Waals surface area contributed by atoms with Gasteiger partial charge in [-0.2, -0.15) is 0 Å². The highest BCUT2D eigenvalue weighted by Gasteiger charge is 2.26. The van der Waals surface area contributed by atoms with Crippen LogP contribution in [-0.4, -0.2) is 64.0 Å². The summed E-state index contributed by atoms with van der Waals surface area (Å²) in [5.74, 6) is 3.08. The summed E-state index contributed by atoms with van der Waals surface area (Å²) >= 11 is 0. The Balaban J connectivity index is 1.46. The van der Waals surface area contributed by atoms with Crippen molar-refractivity contribution in [1.82, 2.24) is 15.5 Å². The van der Waals surface area contributed by atoms with E-state index in [-0.39, 0.29) is 5.54 Å². The lowest BCUT2D eigenvalue weighted by Gasteiger charge is -2.37. The first-order chi connectivity index (χ1) is 19.7. The van der Waals surface area contributed by atoms with Gasteiger partial charge in [0.25, 0.3) is 0 Å². The average Bonchev–Trinajstić information content (AvgIpc) is 2.95. The Morgan fingerprint density at radius 1 is 0.976 bits per heavy atom. The SMILES string of the molecule is CCOc1cccc(-c2cccc(COc3cc(OC)c(CNC(C)(C)CC4CN(C)CCN4)c(OC)c3)c2C)c1. The van der Waals surface area contributed by atoms with Crippen molar-refractivity contribution in [2.75, 3.05) is 47.5 Å². The van der Waals surface area contributed by atoms with Crippen LogP contribution >= 0.6 is 0 Å². The third kappa shape index (κ3) is 8.15. The summed E-state index contributed by atoms with van der Waals surface area (Å²) in [7, 11) is 5.57. The number of piperazine rings is 1. The molecule has 4 rings (SSSR count). The molecule has 0 saturated carbocycles. The third-order valence-electron chi connectivity index (χ3n) is 7.84. The number of likely N-dealkylation sites (N-methyl/N-ethyl adjacent to an activating group) is 1. The second kappa shape index (κ2) is 14.1. The van der Waals surface area contributed by atoms with Gasteiger partial charge in [0.15, 0.2) is 0 Å². The van der Waals surface area contributed by atoms with Crippen LogP contribution < -0.4 is 29.6 Å². The van der Waals surface area contributed by atoms with Crippen LogP contribution in [0.5, 0.6) is 23.0 Å². The second-order valence-electron chi connectivity index (χ2n) is 11.5. The smallest absolute Gasteiger partial charge is 0.130 e. The van der Waals surface area contributed by atoms with Gasteiger partial charge in [-0.3, -0.25) is 0 Å². The maximum Gasteiger partial charge on any atom is 0.130 e. The minimum absolute atomic E-state index is 0.0637. The highest BCUT2D eigenvalue weighted by atomic mass is 16.5. The van der Waals surface area contributed by atoms with Crippen LogP contribution in [0.4, 0.5) is 0 Å². The first kappa shape index (κ1) is 30.7. The summed E-state index contributed by atoms with van der Waals surface area (Å²) in [5, 5.41) is 7.39. The zero-order valence-corrected chi connectivity index (χ0v) is 25.8. The van der Waals surface area contributed by atoms with Gasteiger partial charge in [0.05, 0.1) is 26.4 Å². The number of nitrogens with one attached hydrogen (secondary N) is 2. The molecule has 7 heteroatoms. The van der Waals surface area contributed by atoms with Gasteiger partial charge in [-0.1, -0.05) is 30.3 Å². The van der Waals surface area contributed by atoms with Gasteiger partial charge in [-0.05, 0) is 75.5 Å². The van der Waals surface area contributed by atoms with Gasteiger partial charge in [-0.25, -0.2) is 0 Å². The van der Waals surface area contributed by atoms with E-state index in [2.05, 4.69) is 73.7 Å². The summed E-state index contributed by atoms with van der Waals surface area (Å²) in [6.45, 7) is 13.5. The van der Waals surface area contributed by atoms with E-state index in [1.54, 1.807) is 14.2 Å². The molecule has 1 saturated heterocycles. The van der Waals surface area contributed by atoms with Crippen LogP contribution in [0.2, 0.25) is 0 Å². The van der Waals surface area contributed by atoms with Crippen LogP contribution in [0, 0.1) is 6.92 Å². The van der Waals surface area contributed by atoms with Gasteiger partial charge in [0, 0.05) is 49.9 Å². The number of methoxy groups -OCH3 is 2. The van der Waals surface area contributed by atoms with Gasteiger partial charge >= 0.3 is 0 Å². The van der Waals surface area contributed by atoms with Gasteiger partial charge < -0.3 is 34.5 Å². The number of rotatable bonds is 13. The summed E-state index contributed by atoms with van der Waals surface area (Å²) in [6.07, 6.45) is 1.03. The molecule has 2 N–H and O–H groups in total. The number of nitrogens with zero attached hydrogens (tertiary/aromatic N) is 1. The van der Waals surface area contributed by atoms with E-state index in [1.165, 1.54) is 11.1 Å². The van der Waals surface area contributed by atoms with Crippen molar-refractivity contribution < 1.29 is 18.9 Å². The van der Waals surface area contributed by atoms with Crippen LogP contribution in [0.15, 0.2) is 54.6 Å². The minimum Gasteiger partial charge on any atom is -0.496 e. The predicted octanol–water partition coefficient (Wildman–Crippen LogP) is 5.82. The molecule has 1 aliphatic heterocycles. The molecule has 1 unspecified atom stereocenters. The Labute approximate surface area is 246 Å². The molecule has 7 nitrogen and oxygen atoms in total. The summed E-state index contributed by atoms with van der Waals surface area (Å²) < 4.78 is 23.6. The fraction of sp³-hybridized carbons (Fsp3) is 0.471. The van der Waals surface area contributed by atoms with Crippen molar-refractivity contribution in [3.05, 3.63) is 71.3 Å². The molecule has 41 heavy (non-hydrogen) atoms. The summed E-state index contributed by atoms with van der Waals surface area (Å²) in [4.78, 5) is 2.39. The topological polar surface area (TPSA) is 64.2 Å². The number of benzene rings is 3. The molecule has 0 bridgehead atoms. The predicted molar refractivity (Wildman–Crippen MR) is 166 cm³/mol. The Morgan fingerprint density at radius 3 is 2.39 bits per heavy atom. The lowest BCUT2D eigenvalue weighted by molar-refractivity contribution is 0.200. The standard InChI is InChI=1S/C34H47N3O4/c1-8-40-28-13-9-11-25(17-28)30-14-10-12-26(24(30)2)23-41-29-18-32(38-6)31(33(19-29)39-7)21-36-34(3,4)20-27-22-37(5)16-15-35-27/h9-14,17-19,27,35-36H,8,15-16,20-23H2,1-7H3. The monoisotopic (exact) mass is 561 g/mol. The Morgan fingerprint density at radius 2 is 1.71 bits per heavy atom. The molecule has 1 fully saturated rings. The fourth-order valence-corrected chi connectivity index (χ4v) is 5.60. The zero-order valence-electron chi connectivity index (χ0n) is 25.8. The van der Waals surface area contributed by atoms with Crippen molar-refractivity contribution >= 4 is 0 Å². The molecule has 1 heterocycles. The molecule has 0 aromatic heterocycles. The largest absolute Gasteiger partial charge is 0.496 e. The molecule has 0 amide bonds. The molecule has 3 aromatic carbocycles. The van der Waals surface area contributed by atoms with Crippen molar-refractivity contribution in [3.8, 4) is 34.1 Å². The molecular formula is C34H47N3O4. The first-order valence-corrected chi connectivity index (χ1v) is 14.6. The van der Waals surface area contributed by atoms with Crippen molar-refractivity contribution in [3.63, 3.8) is 0 Å². The van der Waals surface area contributed by atoms with Crippen LogP contribution in [0.25, 0.3) is 11.1 Å². The maximum atomic E-state index is 6.30. The Kier molecular flexibility index (Phi) is 10.5. The van der Waals surface area contributed by atoms with Crippen molar-refractivity contribution in [1.29, 1.82) is 0 Å². The van der Waals surface area contributed by atoms with Crippen LogP contribution in [0.3, 0.4) is 0 Å². The number of ether oxygens (including phenoxy) is 4. The molecule has 1 aliphatic rings. The molecular weight excluding hydrogens is 514 g/mol. The Hall–Kier alpha value is -3.26. The summed E-state index contributed by atoms with van der Waals surface area (Å²) in [5.41, 5.74) is 5.52. The maximum absolute atomic E-state index is 6.30. The lowest BCUT2D eigenvalue weighted by Crippen LogP contribution is -2.53. The molecule has 0 spiro atoms. The van der Waals surface area contributed by atoms with E-state index in [4.69, 9.17) is 18.9 Å². The van der Waals surface area contributed by atoms with Crippen LogP contribution in [-0.2, 0) is 13.2 Å². The number of hydrogen-bond donors (Lipinski definition) is 2. The van der Waals surface area contributed by atoms with E-state index in [1.807, 2.05) is 31.2 Å². The van der Waals surface area contributed by atoms with Crippen molar-refractivity contribution in [2.45, 2.75) is 58.8 Å². The second-order valence-corrected chi connectivity index (χ2v) is 11.5. The highest BCUT2D eigenvalue weighted by Crippen LogP contribution is 2.36. The van der Waals surface area contributed by atoms with E-state index < -0.39 is 0 Å². The summed E-state index contributed by atoms with van der Waals surface area (Å²) in [6, 6.07) is 18.9. The van der Waals surface area contributed by atoms with Crippen LogP contribution in [0.1, 0.15) is 43.9 Å². The zero-order chi connectivity index (χ0) is 29.4. The molecule has 222 valence electrons. The average molecular weight is 562 g/mol. The normalized spacial score (nSPS) is 15.9. The van der Waals surface area contributed by atoms with Gasteiger partial charge in [0.1, 0.15) is 29.6 Å². The van der Waals surface area contributed by atoms with Gasteiger partial charge in [0.2, 0.25) is 0 Å². The van der Waals surface area contributed by atoms with E-state index in [9.17, 15) is 0 Å². The fourth-order valence-electron chi connectivity index (χ4n) is 5.60. The number of hydrogen-bond acceptors (Lipinski definition) is 7. The lowest BCUT2D eigenvalue weighted by atomic mass is 9.93. The molecule has 1 atom stereocenters. The van der Waals surface area contributed by atoms with E-state index >= 15 is 0 Å². The van der Waals surface area contributed by atoms with E-state index in [0.717, 1.165) is 60.0 Å². The van der Waals surface area contributed by atoms with Crippen molar-refractivity contribution in [2.24, 2.45) is 0 Å².